The molecule has 2 aliphatic rings. The van der Waals surface area contributed by atoms with E-state index in [4.69, 9.17) is 0 Å². The van der Waals surface area contributed by atoms with Crippen molar-refractivity contribution in [1.29, 1.82) is 0 Å². The van der Waals surface area contributed by atoms with Crippen LogP contribution in [0.3, 0.4) is 0 Å². The molecule has 0 aromatic carbocycles. The van der Waals surface area contributed by atoms with Gasteiger partial charge in [0, 0.05) is 31.7 Å². The predicted octanol–water partition coefficient (Wildman–Crippen LogP) is 2.97. The minimum atomic E-state index is 0.811. The summed E-state index contributed by atoms with van der Waals surface area (Å²) in [6.07, 6.45) is 8.22. The zero-order chi connectivity index (χ0) is 13.8. The number of piperidine rings is 1. The molecule has 0 aliphatic carbocycles. The molecule has 0 saturated carbocycles. The molecule has 3 nitrogen and oxygen atoms in total. The monoisotopic (exact) mass is 267 g/mol. The second-order valence-electron chi connectivity index (χ2n) is 6.35. The van der Waals surface area contributed by atoms with Crippen molar-refractivity contribution in [3.63, 3.8) is 0 Å². The molecule has 0 amide bonds. The normalized spacial score (nSPS) is 31.6. The molecule has 2 saturated heterocycles. The smallest absolute Gasteiger partial charge is 0.0264 e. The Morgan fingerprint density at radius 3 is 2.05 bits per heavy atom. The van der Waals surface area contributed by atoms with Gasteiger partial charge in [0.1, 0.15) is 0 Å². The summed E-state index contributed by atoms with van der Waals surface area (Å²) in [5.41, 5.74) is 0. The molecule has 0 radical (unpaired) electrons. The summed E-state index contributed by atoms with van der Waals surface area (Å²) >= 11 is 0. The van der Waals surface area contributed by atoms with E-state index in [-0.39, 0.29) is 0 Å². The van der Waals surface area contributed by atoms with Crippen LogP contribution in [0.2, 0.25) is 0 Å². The minimum Gasteiger partial charge on any atom is -0.301 e. The Labute approximate surface area is 119 Å². The number of hydrogen-bond acceptors (Lipinski definition) is 3. The first kappa shape index (κ1) is 15.3. The average Bonchev–Trinajstić information content (AvgIpc) is 2.69. The maximum absolute atomic E-state index is 2.73. The third kappa shape index (κ3) is 3.32. The van der Waals surface area contributed by atoms with E-state index in [0.717, 1.165) is 18.1 Å². The second kappa shape index (κ2) is 7.05. The summed E-state index contributed by atoms with van der Waals surface area (Å²) in [7, 11) is 2.30. The van der Waals surface area contributed by atoms with Gasteiger partial charge in [0.15, 0.2) is 0 Å². The lowest BCUT2D eigenvalue weighted by Crippen LogP contribution is -2.56. The molecule has 19 heavy (non-hydrogen) atoms. The van der Waals surface area contributed by atoms with Crippen molar-refractivity contribution in [2.24, 2.45) is 0 Å². The maximum Gasteiger partial charge on any atom is 0.0264 e. The van der Waals surface area contributed by atoms with Crippen LogP contribution in [0.1, 0.15) is 59.3 Å². The first-order valence-corrected chi connectivity index (χ1v) is 8.44. The van der Waals surface area contributed by atoms with Crippen molar-refractivity contribution in [2.75, 3.05) is 26.7 Å². The largest absolute Gasteiger partial charge is 0.301 e. The number of unbranched alkanes of at least 4 members (excludes halogenated alkanes) is 1. The maximum atomic E-state index is 2.73. The molecule has 0 spiro atoms. The summed E-state index contributed by atoms with van der Waals surface area (Å²) in [6.45, 7) is 10.6. The zero-order valence-corrected chi connectivity index (χ0v) is 13.4. The van der Waals surface area contributed by atoms with Gasteiger partial charge in [-0.1, -0.05) is 27.2 Å². The minimum absolute atomic E-state index is 0.811. The third-order valence-electron chi connectivity index (χ3n) is 5.23. The van der Waals surface area contributed by atoms with Crippen LogP contribution in [0.15, 0.2) is 0 Å². The molecule has 2 unspecified atom stereocenters. The molecule has 2 aliphatic heterocycles. The number of rotatable bonds is 7. The third-order valence-corrected chi connectivity index (χ3v) is 5.23. The molecular formula is C16H33N3. The van der Waals surface area contributed by atoms with Gasteiger partial charge in [-0.25, -0.2) is 10.0 Å². The lowest BCUT2D eigenvalue weighted by atomic mass is 9.97. The molecule has 3 heteroatoms. The fourth-order valence-corrected chi connectivity index (χ4v) is 4.22. The Kier molecular flexibility index (Phi) is 5.67. The first-order valence-electron chi connectivity index (χ1n) is 8.44. The van der Waals surface area contributed by atoms with Crippen molar-refractivity contribution in [2.45, 2.75) is 77.4 Å². The fraction of sp³-hybridized carbons (Fsp3) is 1.00. The highest BCUT2D eigenvalue weighted by Crippen LogP contribution is 2.38. The van der Waals surface area contributed by atoms with Gasteiger partial charge in [-0.15, -0.1) is 0 Å². The number of fused-ring (bicyclic) bond motifs is 2. The Hall–Kier alpha value is -0.120. The van der Waals surface area contributed by atoms with Crippen LogP contribution < -0.4 is 0 Å². The summed E-state index contributed by atoms with van der Waals surface area (Å²) in [6, 6.07) is 2.46. The van der Waals surface area contributed by atoms with Crippen LogP contribution >= 0.6 is 0 Å². The summed E-state index contributed by atoms with van der Waals surface area (Å²) in [4.78, 5) is 2.68. The van der Waals surface area contributed by atoms with Crippen LogP contribution in [-0.2, 0) is 0 Å². The van der Waals surface area contributed by atoms with E-state index < -0.39 is 0 Å². The second-order valence-corrected chi connectivity index (χ2v) is 6.35. The highest BCUT2D eigenvalue weighted by atomic mass is 15.6. The highest BCUT2D eigenvalue weighted by molar-refractivity contribution is 4.96. The average molecular weight is 267 g/mol. The molecule has 0 aromatic heterocycles. The molecule has 0 aromatic rings. The van der Waals surface area contributed by atoms with Crippen molar-refractivity contribution in [3.05, 3.63) is 0 Å². The topological polar surface area (TPSA) is 9.72 Å². The molecule has 112 valence electrons. The van der Waals surface area contributed by atoms with E-state index in [1.807, 2.05) is 0 Å². The van der Waals surface area contributed by atoms with E-state index in [2.05, 4.69) is 42.7 Å². The Bertz CT molecular complexity index is 251. The van der Waals surface area contributed by atoms with Crippen LogP contribution in [0.5, 0.6) is 0 Å². The van der Waals surface area contributed by atoms with Crippen LogP contribution in [0.4, 0.5) is 0 Å². The van der Waals surface area contributed by atoms with Crippen molar-refractivity contribution in [3.8, 4) is 0 Å². The number of hydrazine groups is 1. The van der Waals surface area contributed by atoms with Crippen LogP contribution in [-0.4, -0.2) is 59.7 Å². The Balaban J connectivity index is 1.94. The van der Waals surface area contributed by atoms with Gasteiger partial charge in [0.05, 0.1) is 0 Å². The highest BCUT2D eigenvalue weighted by Gasteiger charge is 2.43. The standard InChI is InChI=1S/C16H33N3/c1-5-8-11-17(4)19-14-9-10-15(19)13-16(12-14)18(6-2)7-3/h14-16H,5-13H2,1-4H3. The van der Waals surface area contributed by atoms with E-state index in [1.165, 1.54) is 58.2 Å². The van der Waals surface area contributed by atoms with Crippen LogP contribution in [0.25, 0.3) is 0 Å². The summed E-state index contributed by atoms with van der Waals surface area (Å²) in [5, 5.41) is 5.26. The van der Waals surface area contributed by atoms with Crippen molar-refractivity contribution >= 4 is 0 Å². The molecular weight excluding hydrogens is 234 g/mol. The lowest BCUT2D eigenvalue weighted by Gasteiger charge is -2.46. The SMILES string of the molecule is CCCCN(C)N1C2CCC1CC(N(CC)CC)C2. The molecule has 2 rings (SSSR count). The van der Waals surface area contributed by atoms with E-state index in [0.29, 0.717) is 0 Å². The zero-order valence-electron chi connectivity index (χ0n) is 13.4. The van der Waals surface area contributed by atoms with Gasteiger partial charge >= 0.3 is 0 Å². The van der Waals surface area contributed by atoms with Crippen molar-refractivity contribution < 1.29 is 0 Å². The van der Waals surface area contributed by atoms with Crippen LogP contribution in [0, 0.1) is 0 Å². The summed E-state index contributed by atoms with van der Waals surface area (Å²) in [5.74, 6) is 0. The molecule has 2 atom stereocenters. The Morgan fingerprint density at radius 2 is 1.58 bits per heavy atom. The van der Waals surface area contributed by atoms with E-state index in [1.54, 1.807) is 0 Å². The Morgan fingerprint density at radius 1 is 1.00 bits per heavy atom. The van der Waals surface area contributed by atoms with Gasteiger partial charge in [-0.05, 0) is 45.2 Å². The van der Waals surface area contributed by atoms with E-state index >= 15 is 0 Å². The molecule has 2 fully saturated rings. The lowest BCUT2D eigenvalue weighted by molar-refractivity contribution is -0.0851. The van der Waals surface area contributed by atoms with Gasteiger partial charge in [0.25, 0.3) is 0 Å². The summed E-state index contributed by atoms with van der Waals surface area (Å²) < 4.78 is 0. The van der Waals surface area contributed by atoms with Gasteiger partial charge in [-0.3, -0.25) is 0 Å². The van der Waals surface area contributed by atoms with Crippen molar-refractivity contribution in [1.82, 2.24) is 14.9 Å². The molecule has 0 N–H and O–H groups in total. The quantitative estimate of drug-likeness (QED) is 0.702. The molecule has 2 bridgehead atoms. The fourth-order valence-electron chi connectivity index (χ4n) is 4.22. The van der Waals surface area contributed by atoms with E-state index in [9.17, 15) is 0 Å². The molecule has 2 heterocycles. The predicted molar refractivity (Wildman–Crippen MR) is 82.1 cm³/mol. The van der Waals surface area contributed by atoms with Gasteiger partial charge in [0.2, 0.25) is 0 Å². The number of nitrogens with zero attached hydrogens (tertiary/aromatic N) is 3. The van der Waals surface area contributed by atoms with Gasteiger partial charge in [-0.2, -0.15) is 0 Å². The first-order chi connectivity index (χ1) is 9.21. The van der Waals surface area contributed by atoms with Gasteiger partial charge < -0.3 is 4.90 Å². The number of hydrogen-bond donors (Lipinski definition) is 0.